The van der Waals surface area contributed by atoms with Crippen molar-refractivity contribution in [1.82, 2.24) is 9.88 Å². The van der Waals surface area contributed by atoms with E-state index >= 15 is 0 Å². The van der Waals surface area contributed by atoms with Gasteiger partial charge in [0.05, 0.1) is 0 Å². The van der Waals surface area contributed by atoms with Gasteiger partial charge in [0.25, 0.3) is 5.91 Å². The lowest BCUT2D eigenvalue weighted by Gasteiger charge is -2.32. The molecular weight excluding hydrogens is 324 g/mol. The number of aryl methyl sites for hydroxylation is 2. The van der Waals surface area contributed by atoms with Crippen molar-refractivity contribution in [3.8, 4) is 5.75 Å². The largest absolute Gasteiger partial charge is 0.508 e. The lowest BCUT2D eigenvalue weighted by atomic mass is 9.89. The first kappa shape index (κ1) is 16.7. The highest BCUT2D eigenvalue weighted by Crippen LogP contribution is 2.30. The topological polar surface area (TPSA) is 56.3 Å². The van der Waals surface area contributed by atoms with E-state index < -0.39 is 0 Å². The molecule has 4 heteroatoms. The standard InChI is InChI=1S/C22H24N2O2/c1-14-15(2)23-21-8-5-18(13-20(14)21)22(26)24-11-9-17(10-12-24)16-3-6-19(25)7-4-16/h3-8,13,17,23,25H,9-12H2,1-2H3. The molecule has 4 nitrogen and oxygen atoms in total. The van der Waals surface area contributed by atoms with Crippen molar-refractivity contribution in [3.05, 3.63) is 64.8 Å². The van der Waals surface area contributed by atoms with Gasteiger partial charge in [-0.3, -0.25) is 4.79 Å². The number of carbonyl (C=O) groups excluding carboxylic acids is 1. The van der Waals surface area contributed by atoms with Crippen molar-refractivity contribution in [2.24, 2.45) is 0 Å². The molecule has 1 aromatic heterocycles. The molecule has 26 heavy (non-hydrogen) atoms. The summed E-state index contributed by atoms with van der Waals surface area (Å²) in [5.74, 6) is 0.873. The second-order valence-electron chi connectivity index (χ2n) is 7.29. The Hall–Kier alpha value is -2.75. The van der Waals surface area contributed by atoms with Gasteiger partial charge in [0.1, 0.15) is 5.75 Å². The third kappa shape index (κ3) is 2.96. The van der Waals surface area contributed by atoms with E-state index in [1.807, 2.05) is 35.2 Å². The quantitative estimate of drug-likeness (QED) is 0.716. The summed E-state index contributed by atoms with van der Waals surface area (Å²) in [5, 5.41) is 10.6. The second kappa shape index (κ2) is 6.52. The number of piperidine rings is 1. The number of hydrogen-bond acceptors (Lipinski definition) is 2. The van der Waals surface area contributed by atoms with Crippen LogP contribution in [0.4, 0.5) is 0 Å². The van der Waals surface area contributed by atoms with Crippen LogP contribution in [0.25, 0.3) is 10.9 Å². The molecule has 2 heterocycles. The molecule has 2 N–H and O–H groups in total. The molecule has 1 aliphatic rings. The molecule has 1 saturated heterocycles. The van der Waals surface area contributed by atoms with Crippen LogP contribution >= 0.6 is 0 Å². The number of nitrogens with one attached hydrogen (secondary N) is 1. The zero-order valence-electron chi connectivity index (χ0n) is 15.2. The number of nitrogens with zero attached hydrogens (tertiary/aromatic N) is 1. The summed E-state index contributed by atoms with van der Waals surface area (Å²) in [4.78, 5) is 18.3. The third-order valence-electron chi connectivity index (χ3n) is 5.70. The molecule has 0 atom stereocenters. The number of fused-ring (bicyclic) bond motifs is 1. The van der Waals surface area contributed by atoms with Gasteiger partial charge in [0.2, 0.25) is 0 Å². The Bertz CT molecular complexity index is 948. The van der Waals surface area contributed by atoms with E-state index in [9.17, 15) is 9.90 Å². The lowest BCUT2D eigenvalue weighted by Crippen LogP contribution is -2.37. The number of aromatic amines is 1. The highest BCUT2D eigenvalue weighted by Gasteiger charge is 2.25. The fourth-order valence-electron chi connectivity index (χ4n) is 3.94. The van der Waals surface area contributed by atoms with Crippen LogP contribution in [0.15, 0.2) is 42.5 Å². The van der Waals surface area contributed by atoms with E-state index in [1.165, 1.54) is 11.1 Å². The monoisotopic (exact) mass is 348 g/mol. The van der Waals surface area contributed by atoms with Gasteiger partial charge in [0.15, 0.2) is 0 Å². The maximum atomic E-state index is 12.9. The highest BCUT2D eigenvalue weighted by atomic mass is 16.3. The molecule has 4 rings (SSSR count). The number of carbonyl (C=O) groups is 1. The maximum Gasteiger partial charge on any atom is 0.253 e. The number of hydrogen-bond donors (Lipinski definition) is 2. The molecule has 0 saturated carbocycles. The molecular formula is C22H24N2O2. The molecule has 3 aromatic rings. The average molecular weight is 348 g/mol. The summed E-state index contributed by atoms with van der Waals surface area (Å²) in [6.45, 7) is 5.69. The summed E-state index contributed by atoms with van der Waals surface area (Å²) in [5.41, 5.74) is 5.46. The van der Waals surface area contributed by atoms with E-state index in [-0.39, 0.29) is 5.91 Å². The summed E-state index contributed by atoms with van der Waals surface area (Å²) >= 11 is 0. The summed E-state index contributed by atoms with van der Waals surface area (Å²) in [7, 11) is 0. The molecule has 1 amide bonds. The summed E-state index contributed by atoms with van der Waals surface area (Å²) < 4.78 is 0. The molecule has 0 bridgehead atoms. The van der Waals surface area contributed by atoms with E-state index in [0.717, 1.165) is 48.1 Å². The Morgan fingerprint density at radius 1 is 1.08 bits per heavy atom. The first-order chi connectivity index (χ1) is 12.5. The first-order valence-electron chi connectivity index (χ1n) is 9.20. The van der Waals surface area contributed by atoms with Gasteiger partial charge < -0.3 is 15.0 Å². The normalized spacial score (nSPS) is 15.5. The van der Waals surface area contributed by atoms with Gasteiger partial charge in [-0.2, -0.15) is 0 Å². The van der Waals surface area contributed by atoms with E-state index in [4.69, 9.17) is 0 Å². The number of aromatic hydroxyl groups is 1. The smallest absolute Gasteiger partial charge is 0.253 e. The van der Waals surface area contributed by atoms with Crippen LogP contribution in [-0.2, 0) is 0 Å². The SMILES string of the molecule is Cc1[nH]c2ccc(C(=O)N3CCC(c4ccc(O)cc4)CC3)cc2c1C. The summed E-state index contributed by atoms with van der Waals surface area (Å²) in [6.07, 6.45) is 1.92. The van der Waals surface area contributed by atoms with Crippen molar-refractivity contribution < 1.29 is 9.90 Å². The van der Waals surface area contributed by atoms with Crippen LogP contribution in [0.3, 0.4) is 0 Å². The molecule has 2 aromatic carbocycles. The number of benzene rings is 2. The minimum absolute atomic E-state index is 0.120. The van der Waals surface area contributed by atoms with Crippen molar-refractivity contribution in [2.45, 2.75) is 32.6 Å². The Kier molecular flexibility index (Phi) is 4.19. The minimum atomic E-state index is 0.120. The van der Waals surface area contributed by atoms with Crippen molar-refractivity contribution in [2.75, 3.05) is 13.1 Å². The molecule has 0 radical (unpaired) electrons. The minimum Gasteiger partial charge on any atom is -0.508 e. The van der Waals surface area contributed by atoms with E-state index in [2.05, 4.69) is 18.8 Å². The van der Waals surface area contributed by atoms with E-state index in [1.54, 1.807) is 12.1 Å². The Morgan fingerprint density at radius 2 is 1.77 bits per heavy atom. The average Bonchev–Trinajstić information content (AvgIpc) is 2.95. The lowest BCUT2D eigenvalue weighted by molar-refractivity contribution is 0.0713. The van der Waals surface area contributed by atoms with Gasteiger partial charge in [-0.1, -0.05) is 12.1 Å². The third-order valence-corrected chi connectivity index (χ3v) is 5.70. The molecule has 0 spiro atoms. The number of likely N-dealkylation sites (tertiary alicyclic amines) is 1. The molecule has 1 fully saturated rings. The van der Waals surface area contributed by atoms with Crippen molar-refractivity contribution in [3.63, 3.8) is 0 Å². The fourth-order valence-corrected chi connectivity index (χ4v) is 3.94. The van der Waals surface area contributed by atoms with Gasteiger partial charge in [0, 0.05) is 35.2 Å². The first-order valence-corrected chi connectivity index (χ1v) is 9.20. The maximum absolute atomic E-state index is 12.9. The van der Waals surface area contributed by atoms with Crippen molar-refractivity contribution in [1.29, 1.82) is 0 Å². The Labute approximate surface area is 153 Å². The predicted octanol–water partition coefficient (Wildman–Crippen LogP) is 4.51. The van der Waals surface area contributed by atoms with Crippen molar-refractivity contribution >= 4 is 16.8 Å². The molecule has 0 aliphatic carbocycles. The number of phenols is 1. The van der Waals surface area contributed by atoms with Crippen LogP contribution in [0.5, 0.6) is 5.75 Å². The summed E-state index contributed by atoms with van der Waals surface area (Å²) in [6, 6.07) is 13.4. The molecule has 1 aliphatic heterocycles. The van der Waals surface area contributed by atoms with Crippen LogP contribution in [0, 0.1) is 13.8 Å². The van der Waals surface area contributed by atoms with Gasteiger partial charge in [-0.25, -0.2) is 0 Å². The van der Waals surface area contributed by atoms with Crippen LogP contribution in [-0.4, -0.2) is 34.0 Å². The zero-order chi connectivity index (χ0) is 18.3. The van der Waals surface area contributed by atoms with Crippen LogP contribution in [0.1, 0.15) is 45.9 Å². The zero-order valence-corrected chi connectivity index (χ0v) is 15.2. The molecule has 0 unspecified atom stereocenters. The Balaban J connectivity index is 1.48. The highest BCUT2D eigenvalue weighted by molar-refractivity contribution is 5.99. The fraction of sp³-hybridized carbons (Fsp3) is 0.318. The van der Waals surface area contributed by atoms with E-state index in [0.29, 0.717) is 11.7 Å². The van der Waals surface area contributed by atoms with Crippen LogP contribution in [0.2, 0.25) is 0 Å². The van der Waals surface area contributed by atoms with Gasteiger partial charge in [-0.15, -0.1) is 0 Å². The number of H-pyrrole nitrogens is 1. The number of amides is 1. The number of aromatic nitrogens is 1. The number of phenolic OH excluding ortho intramolecular Hbond substituents is 1. The molecule has 134 valence electrons. The van der Waals surface area contributed by atoms with Gasteiger partial charge in [-0.05, 0) is 74.1 Å². The Morgan fingerprint density at radius 3 is 2.46 bits per heavy atom. The predicted molar refractivity (Wildman–Crippen MR) is 104 cm³/mol. The number of rotatable bonds is 2. The van der Waals surface area contributed by atoms with Gasteiger partial charge >= 0.3 is 0 Å². The second-order valence-corrected chi connectivity index (χ2v) is 7.29. The van der Waals surface area contributed by atoms with Crippen LogP contribution < -0.4 is 0 Å².